The number of carbonyl (C=O) groups is 1. The second-order valence-corrected chi connectivity index (χ2v) is 10.0. The van der Waals surface area contributed by atoms with Gasteiger partial charge >= 0.3 is 0 Å². The molecule has 2 aromatic rings. The lowest BCUT2D eigenvalue weighted by Gasteiger charge is -2.38. The first-order valence-electron chi connectivity index (χ1n) is 9.68. The van der Waals surface area contributed by atoms with Gasteiger partial charge in [-0.2, -0.15) is 0 Å². The van der Waals surface area contributed by atoms with E-state index in [0.29, 0.717) is 24.2 Å². The molecule has 1 amide bonds. The molecule has 0 bridgehead atoms. The predicted molar refractivity (Wildman–Crippen MR) is 115 cm³/mol. The molecule has 1 aliphatic rings. The lowest BCUT2D eigenvalue weighted by atomic mass is 9.89. The second-order valence-electron chi connectivity index (χ2n) is 8.11. The molecule has 1 atom stereocenters. The fourth-order valence-electron chi connectivity index (χ4n) is 3.72. The van der Waals surface area contributed by atoms with E-state index in [1.165, 1.54) is 10.6 Å². The summed E-state index contributed by atoms with van der Waals surface area (Å²) in [7, 11) is -3.35. The van der Waals surface area contributed by atoms with E-state index in [0.717, 1.165) is 16.9 Å². The number of sulfonamides is 1. The van der Waals surface area contributed by atoms with Crippen molar-refractivity contribution in [1.82, 2.24) is 5.32 Å². The quantitative estimate of drug-likeness (QED) is 0.804. The van der Waals surface area contributed by atoms with E-state index in [2.05, 4.69) is 5.32 Å². The molecule has 0 spiro atoms. The van der Waals surface area contributed by atoms with Crippen molar-refractivity contribution in [3.8, 4) is 5.75 Å². The molecule has 0 saturated carbocycles. The van der Waals surface area contributed by atoms with E-state index in [-0.39, 0.29) is 17.6 Å². The molecule has 1 unspecified atom stereocenters. The van der Waals surface area contributed by atoms with E-state index >= 15 is 0 Å². The molecule has 0 aliphatic carbocycles. The molecule has 0 aromatic heterocycles. The molecule has 2 aromatic carbocycles. The van der Waals surface area contributed by atoms with Crippen LogP contribution in [0.25, 0.3) is 0 Å². The normalized spacial score (nSPS) is 17.8. The lowest BCUT2D eigenvalue weighted by Crippen LogP contribution is -2.41. The zero-order chi connectivity index (χ0) is 21.4. The smallest absolute Gasteiger partial charge is 0.251 e. The Bertz CT molecular complexity index is 1010. The zero-order valence-electron chi connectivity index (χ0n) is 17.5. The highest BCUT2D eigenvalue weighted by Crippen LogP contribution is 2.40. The Morgan fingerprint density at radius 2 is 1.86 bits per heavy atom. The molecular weight excluding hydrogens is 388 g/mol. The number of benzene rings is 2. The van der Waals surface area contributed by atoms with Crippen molar-refractivity contribution in [2.75, 3.05) is 17.1 Å². The van der Waals surface area contributed by atoms with Crippen molar-refractivity contribution in [2.45, 2.75) is 45.8 Å². The topological polar surface area (TPSA) is 75.7 Å². The summed E-state index contributed by atoms with van der Waals surface area (Å²) in [6.45, 7) is 8.13. The first kappa shape index (κ1) is 21.2. The number of amides is 1. The zero-order valence-corrected chi connectivity index (χ0v) is 18.3. The highest BCUT2D eigenvalue weighted by atomic mass is 32.2. The minimum absolute atomic E-state index is 0.162. The van der Waals surface area contributed by atoms with Gasteiger partial charge in [-0.3, -0.25) is 9.10 Å². The average Bonchev–Trinajstić information content (AvgIpc) is 2.60. The molecular formula is C22H28N2O4S. The summed E-state index contributed by atoms with van der Waals surface area (Å²) < 4.78 is 31.2. The van der Waals surface area contributed by atoms with Crippen LogP contribution in [-0.4, -0.2) is 32.7 Å². The van der Waals surface area contributed by atoms with Crippen LogP contribution in [0.5, 0.6) is 5.75 Å². The Balaban J connectivity index is 1.82. The summed E-state index contributed by atoms with van der Waals surface area (Å²) in [5.74, 6) is 0.599. The number of fused-ring (bicyclic) bond motifs is 1. The van der Waals surface area contributed by atoms with E-state index in [4.69, 9.17) is 4.74 Å². The number of anilines is 1. The first-order valence-corrected chi connectivity index (χ1v) is 11.5. The van der Waals surface area contributed by atoms with Gasteiger partial charge in [-0.15, -0.1) is 0 Å². The molecule has 0 fully saturated rings. The molecule has 1 N–H and O–H groups in total. The van der Waals surface area contributed by atoms with Crippen molar-refractivity contribution in [2.24, 2.45) is 0 Å². The summed E-state index contributed by atoms with van der Waals surface area (Å²) in [6.07, 6.45) is 1.83. The molecule has 1 heterocycles. The summed E-state index contributed by atoms with van der Waals surface area (Å²) in [4.78, 5) is 12.9. The molecule has 0 radical (unpaired) electrons. The predicted octanol–water partition coefficient (Wildman–Crippen LogP) is 3.81. The minimum Gasteiger partial charge on any atom is -0.487 e. The number of carbonyl (C=O) groups excluding carboxylic acids is 1. The largest absolute Gasteiger partial charge is 0.487 e. The summed E-state index contributed by atoms with van der Waals surface area (Å²) >= 11 is 0. The Hall–Kier alpha value is -2.54. The van der Waals surface area contributed by atoms with E-state index in [1.807, 2.05) is 39.0 Å². The fraction of sp³-hybridized carbons (Fsp3) is 0.409. The van der Waals surface area contributed by atoms with Crippen LogP contribution in [0.1, 0.15) is 54.7 Å². The Morgan fingerprint density at radius 3 is 2.45 bits per heavy atom. The number of aryl methyl sites for hydroxylation is 1. The Kier molecular flexibility index (Phi) is 5.63. The number of rotatable bonds is 5. The molecule has 3 rings (SSSR count). The van der Waals surface area contributed by atoms with Gasteiger partial charge in [-0.1, -0.05) is 12.1 Å². The van der Waals surface area contributed by atoms with Crippen LogP contribution >= 0.6 is 0 Å². The van der Waals surface area contributed by atoms with Gasteiger partial charge in [-0.25, -0.2) is 8.42 Å². The average molecular weight is 417 g/mol. The van der Waals surface area contributed by atoms with Crippen LogP contribution in [-0.2, 0) is 10.0 Å². The van der Waals surface area contributed by atoms with Gasteiger partial charge in [0.05, 0.1) is 18.0 Å². The van der Waals surface area contributed by atoms with Gasteiger partial charge in [0.1, 0.15) is 11.4 Å². The lowest BCUT2D eigenvalue weighted by molar-refractivity contribution is 0.0619. The highest BCUT2D eigenvalue weighted by Gasteiger charge is 2.34. The Morgan fingerprint density at radius 1 is 1.21 bits per heavy atom. The molecule has 0 saturated heterocycles. The van der Waals surface area contributed by atoms with Crippen LogP contribution in [0.15, 0.2) is 42.5 Å². The number of ether oxygens (including phenoxy) is 1. The summed E-state index contributed by atoms with van der Waals surface area (Å²) in [5, 5.41) is 3.11. The van der Waals surface area contributed by atoms with Crippen molar-refractivity contribution < 1.29 is 17.9 Å². The van der Waals surface area contributed by atoms with E-state index < -0.39 is 10.0 Å². The monoisotopic (exact) mass is 416 g/mol. The maximum absolute atomic E-state index is 12.9. The third kappa shape index (κ3) is 4.72. The van der Waals surface area contributed by atoms with Crippen molar-refractivity contribution >= 4 is 21.6 Å². The third-order valence-corrected chi connectivity index (χ3v) is 6.31. The number of hydrogen-bond donors (Lipinski definition) is 1. The van der Waals surface area contributed by atoms with Gasteiger partial charge in [0, 0.05) is 24.1 Å². The molecule has 1 aliphatic heterocycles. The maximum Gasteiger partial charge on any atom is 0.251 e. The van der Waals surface area contributed by atoms with Crippen LogP contribution < -0.4 is 14.4 Å². The van der Waals surface area contributed by atoms with Gasteiger partial charge in [0.2, 0.25) is 10.0 Å². The van der Waals surface area contributed by atoms with Gasteiger partial charge in [-0.05, 0) is 63.6 Å². The van der Waals surface area contributed by atoms with E-state index in [1.54, 1.807) is 31.2 Å². The number of nitrogens with one attached hydrogen (secondary N) is 1. The summed E-state index contributed by atoms with van der Waals surface area (Å²) in [6, 6.07) is 12.5. The van der Waals surface area contributed by atoms with Crippen molar-refractivity contribution in [3.05, 3.63) is 59.2 Å². The second kappa shape index (κ2) is 7.71. The summed E-state index contributed by atoms with van der Waals surface area (Å²) in [5.41, 5.74) is 2.71. The van der Waals surface area contributed by atoms with E-state index in [9.17, 15) is 13.2 Å². The van der Waals surface area contributed by atoms with Crippen molar-refractivity contribution in [1.29, 1.82) is 0 Å². The van der Waals surface area contributed by atoms with Crippen LogP contribution in [0.4, 0.5) is 5.69 Å². The minimum atomic E-state index is -3.35. The van der Waals surface area contributed by atoms with Gasteiger partial charge in [0.15, 0.2) is 0 Å². The molecule has 156 valence electrons. The SMILES string of the molecule is CCN(c1ccc(C(=O)NC2CC(C)(C)Oc3cc(C)ccc32)cc1)S(C)(=O)=O. The van der Waals surface area contributed by atoms with Crippen LogP contribution in [0.2, 0.25) is 0 Å². The van der Waals surface area contributed by atoms with Gasteiger partial charge < -0.3 is 10.1 Å². The molecule has 7 heteroatoms. The fourth-order valence-corrected chi connectivity index (χ4v) is 4.69. The maximum atomic E-state index is 12.9. The first-order chi connectivity index (χ1) is 13.5. The van der Waals surface area contributed by atoms with Gasteiger partial charge in [0.25, 0.3) is 5.91 Å². The molecule has 29 heavy (non-hydrogen) atoms. The third-order valence-electron chi connectivity index (χ3n) is 5.04. The van der Waals surface area contributed by atoms with Crippen LogP contribution in [0.3, 0.4) is 0 Å². The van der Waals surface area contributed by atoms with Crippen molar-refractivity contribution in [3.63, 3.8) is 0 Å². The Labute approximate surface area is 172 Å². The number of nitrogens with zero attached hydrogens (tertiary/aromatic N) is 1. The number of hydrogen-bond acceptors (Lipinski definition) is 4. The standard InChI is InChI=1S/C22H28N2O4S/c1-6-24(29(5,26)27)17-10-8-16(9-11-17)21(25)23-19-14-22(3,4)28-20-13-15(2)7-12-18(19)20/h7-13,19H,6,14H2,1-5H3,(H,23,25). The molecule has 6 nitrogen and oxygen atoms in total. The highest BCUT2D eigenvalue weighted by molar-refractivity contribution is 7.92. The van der Waals surface area contributed by atoms with Crippen LogP contribution in [0, 0.1) is 6.92 Å².